The number of aliphatic hydroxyl groups is 1. The van der Waals surface area contributed by atoms with Gasteiger partial charge in [-0.05, 0) is 24.3 Å². The molecule has 5 heteroatoms. The number of rotatable bonds is 4. The molecule has 0 saturated heterocycles. The number of methoxy groups -OCH3 is 1. The molecule has 1 aromatic heterocycles. The SMILES string of the molecule is COc1ccccc1-c1noc(-c2cccc(F)c2)c1CO. The van der Waals surface area contributed by atoms with E-state index < -0.39 is 0 Å². The standard InChI is InChI=1S/C17H14FNO3/c1-21-15-8-3-2-7-13(15)16-14(10-20)17(22-19-16)11-5-4-6-12(18)9-11/h2-9,20H,10H2,1H3. The van der Waals surface area contributed by atoms with Crippen LogP contribution in [0.3, 0.4) is 0 Å². The molecule has 0 aliphatic carbocycles. The van der Waals surface area contributed by atoms with Gasteiger partial charge in [-0.25, -0.2) is 4.39 Å². The first-order valence-corrected chi connectivity index (χ1v) is 6.73. The number of halogens is 1. The van der Waals surface area contributed by atoms with Crippen molar-refractivity contribution >= 4 is 0 Å². The molecule has 0 aliphatic heterocycles. The van der Waals surface area contributed by atoms with Crippen molar-refractivity contribution in [2.24, 2.45) is 0 Å². The Kier molecular flexibility index (Phi) is 3.89. The number of hydrogen-bond donors (Lipinski definition) is 1. The highest BCUT2D eigenvalue weighted by Gasteiger charge is 2.20. The number of hydrogen-bond acceptors (Lipinski definition) is 4. The summed E-state index contributed by atoms with van der Waals surface area (Å²) in [6.45, 7) is -0.275. The third-order valence-corrected chi connectivity index (χ3v) is 3.40. The fourth-order valence-electron chi connectivity index (χ4n) is 2.36. The van der Waals surface area contributed by atoms with Crippen LogP contribution in [0.25, 0.3) is 22.6 Å². The fourth-order valence-corrected chi connectivity index (χ4v) is 2.36. The van der Waals surface area contributed by atoms with Crippen LogP contribution in [0.2, 0.25) is 0 Å². The molecule has 0 fully saturated rings. The molecule has 22 heavy (non-hydrogen) atoms. The Labute approximate surface area is 126 Å². The molecule has 3 aromatic rings. The molecule has 4 nitrogen and oxygen atoms in total. The normalized spacial score (nSPS) is 10.7. The van der Waals surface area contributed by atoms with Gasteiger partial charge in [0.25, 0.3) is 0 Å². The van der Waals surface area contributed by atoms with Crippen LogP contribution < -0.4 is 4.74 Å². The van der Waals surface area contributed by atoms with Crippen LogP contribution in [0.1, 0.15) is 5.56 Å². The summed E-state index contributed by atoms with van der Waals surface area (Å²) >= 11 is 0. The van der Waals surface area contributed by atoms with Crippen LogP contribution in [-0.4, -0.2) is 17.4 Å². The van der Waals surface area contributed by atoms with E-state index in [2.05, 4.69) is 5.16 Å². The molecule has 2 aromatic carbocycles. The van der Waals surface area contributed by atoms with Crippen molar-refractivity contribution in [1.29, 1.82) is 0 Å². The highest BCUT2D eigenvalue weighted by Crippen LogP contribution is 2.36. The van der Waals surface area contributed by atoms with Gasteiger partial charge in [-0.15, -0.1) is 0 Å². The lowest BCUT2D eigenvalue weighted by molar-refractivity contribution is 0.281. The zero-order valence-electron chi connectivity index (χ0n) is 11.9. The Balaban J connectivity index is 2.16. The van der Waals surface area contributed by atoms with E-state index in [0.29, 0.717) is 33.9 Å². The molecule has 0 atom stereocenters. The van der Waals surface area contributed by atoms with Gasteiger partial charge in [0.2, 0.25) is 0 Å². The largest absolute Gasteiger partial charge is 0.496 e. The summed E-state index contributed by atoms with van der Waals surface area (Å²) in [4.78, 5) is 0. The molecule has 0 unspecified atom stereocenters. The predicted octanol–water partition coefficient (Wildman–Crippen LogP) is 3.65. The van der Waals surface area contributed by atoms with Crippen molar-refractivity contribution in [2.75, 3.05) is 7.11 Å². The summed E-state index contributed by atoms with van der Waals surface area (Å²) in [5.41, 5.74) is 2.22. The smallest absolute Gasteiger partial charge is 0.173 e. The van der Waals surface area contributed by atoms with Gasteiger partial charge in [-0.1, -0.05) is 29.4 Å². The lowest BCUT2D eigenvalue weighted by atomic mass is 10.0. The number of para-hydroxylation sites is 1. The van der Waals surface area contributed by atoms with Crippen LogP contribution in [0.15, 0.2) is 53.1 Å². The summed E-state index contributed by atoms with van der Waals surface area (Å²) in [5.74, 6) is 0.593. The second-order valence-corrected chi connectivity index (χ2v) is 4.71. The number of nitrogens with zero attached hydrogens (tertiary/aromatic N) is 1. The molecule has 0 amide bonds. The van der Waals surface area contributed by atoms with E-state index in [0.717, 1.165) is 0 Å². The third-order valence-electron chi connectivity index (χ3n) is 3.40. The highest BCUT2D eigenvalue weighted by atomic mass is 19.1. The molecule has 0 spiro atoms. The molecule has 0 bridgehead atoms. The second-order valence-electron chi connectivity index (χ2n) is 4.71. The van der Waals surface area contributed by atoms with E-state index in [1.54, 1.807) is 25.3 Å². The van der Waals surface area contributed by atoms with Crippen LogP contribution in [0.4, 0.5) is 4.39 Å². The average Bonchev–Trinajstić information content (AvgIpc) is 2.98. The van der Waals surface area contributed by atoms with Crippen molar-refractivity contribution in [2.45, 2.75) is 6.61 Å². The Morgan fingerprint density at radius 1 is 1.18 bits per heavy atom. The lowest BCUT2D eigenvalue weighted by Crippen LogP contribution is -1.92. The minimum absolute atomic E-state index is 0.275. The Bertz CT molecular complexity index is 798. The van der Waals surface area contributed by atoms with Crippen molar-refractivity contribution < 1.29 is 18.8 Å². The summed E-state index contributed by atoms with van der Waals surface area (Å²) in [7, 11) is 1.56. The average molecular weight is 299 g/mol. The summed E-state index contributed by atoms with van der Waals surface area (Å²) < 4.78 is 24.1. The zero-order chi connectivity index (χ0) is 15.5. The highest BCUT2D eigenvalue weighted by molar-refractivity contribution is 5.75. The summed E-state index contributed by atoms with van der Waals surface area (Å²) in [6.07, 6.45) is 0. The molecular formula is C17H14FNO3. The molecule has 0 aliphatic rings. The topological polar surface area (TPSA) is 55.5 Å². The van der Waals surface area contributed by atoms with E-state index in [-0.39, 0.29) is 12.4 Å². The van der Waals surface area contributed by atoms with E-state index in [1.165, 1.54) is 12.1 Å². The van der Waals surface area contributed by atoms with Gasteiger partial charge in [0.1, 0.15) is 17.3 Å². The maximum Gasteiger partial charge on any atom is 0.173 e. The maximum atomic E-state index is 13.4. The van der Waals surface area contributed by atoms with Crippen LogP contribution in [0.5, 0.6) is 5.75 Å². The van der Waals surface area contributed by atoms with E-state index in [9.17, 15) is 9.50 Å². The van der Waals surface area contributed by atoms with Crippen molar-refractivity contribution in [3.63, 3.8) is 0 Å². The Hall–Kier alpha value is -2.66. The van der Waals surface area contributed by atoms with Crippen molar-refractivity contribution in [3.8, 4) is 28.3 Å². The van der Waals surface area contributed by atoms with Gasteiger partial charge < -0.3 is 14.4 Å². The van der Waals surface area contributed by atoms with E-state index in [4.69, 9.17) is 9.26 Å². The second kappa shape index (κ2) is 5.99. The Morgan fingerprint density at radius 2 is 2.00 bits per heavy atom. The van der Waals surface area contributed by atoms with Crippen LogP contribution >= 0.6 is 0 Å². The first-order valence-electron chi connectivity index (χ1n) is 6.73. The van der Waals surface area contributed by atoms with Gasteiger partial charge in [-0.3, -0.25) is 0 Å². The van der Waals surface area contributed by atoms with E-state index in [1.807, 2.05) is 18.2 Å². The summed E-state index contributed by atoms with van der Waals surface area (Å²) in [5, 5.41) is 13.7. The number of benzene rings is 2. The minimum atomic E-state index is -0.378. The first kappa shape index (κ1) is 14.3. The van der Waals surface area contributed by atoms with Gasteiger partial charge >= 0.3 is 0 Å². The lowest BCUT2D eigenvalue weighted by Gasteiger charge is -2.06. The molecule has 0 radical (unpaired) electrons. The number of aliphatic hydroxyl groups excluding tert-OH is 1. The van der Waals surface area contributed by atoms with E-state index >= 15 is 0 Å². The monoisotopic (exact) mass is 299 g/mol. The Morgan fingerprint density at radius 3 is 2.73 bits per heavy atom. The van der Waals surface area contributed by atoms with Gasteiger partial charge in [0, 0.05) is 11.1 Å². The van der Waals surface area contributed by atoms with Gasteiger partial charge in [-0.2, -0.15) is 0 Å². The van der Waals surface area contributed by atoms with Gasteiger partial charge in [0.05, 0.1) is 19.3 Å². The van der Waals surface area contributed by atoms with Crippen LogP contribution in [0, 0.1) is 5.82 Å². The minimum Gasteiger partial charge on any atom is -0.496 e. The summed E-state index contributed by atoms with van der Waals surface area (Å²) in [6, 6.07) is 13.3. The van der Waals surface area contributed by atoms with Crippen LogP contribution in [-0.2, 0) is 6.61 Å². The third kappa shape index (κ3) is 2.46. The molecule has 1 heterocycles. The first-order chi connectivity index (χ1) is 10.7. The van der Waals surface area contributed by atoms with Crippen molar-refractivity contribution in [3.05, 3.63) is 59.9 Å². The number of ether oxygens (including phenoxy) is 1. The molecule has 1 N–H and O–H groups in total. The molecule has 3 rings (SSSR count). The van der Waals surface area contributed by atoms with Crippen molar-refractivity contribution in [1.82, 2.24) is 5.16 Å². The predicted molar refractivity (Wildman–Crippen MR) is 79.8 cm³/mol. The number of aromatic nitrogens is 1. The van der Waals surface area contributed by atoms with Gasteiger partial charge in [0.15, 0.2) is 5.76 Å². The maximum absolute atomic E-state index is 13.4. The molecule has 112 valence electrons. The fraction of sp³-hybridized carbons (Fsp3) is 0.118. The molecular weight excluding hydrogens is 285 g/mol. The molecule has 0 saturated carbocycles. The quantitative estimate of drug-likeness (QED) is 0.799. The zero-order valence-corrected chi connectivity index (χ0v) is 11.9.